The molecule has 0 aromatic heterocycles. The number of allylic oxidation sites excluding steroid dienone is 10. The molecule has 0 aromatic rings. The van der Waals surface area contributed by atoms with Crippen LogP contribution in [0.25, 0.3) is 0 Å². The van der Waals surface area contributed by atoms with Crippen molar-refractivity contribution in [2.24, 2.45) is 0 Å². The number of aliphatic hydroxyl groups is 1. The van der Waals surface area contributed by atoms with Gasteiger partial charge in [0.15, 0.2) is 0 Å². The fourth-order valence-corrected chi connectivity index (χ4v) is 3.49. The molecule has 9 heteroatoms. The van der Waals surface area contributed by atoms with Gasteiger partial charge in [0.1, 0.15) is 19.3 Å². The molecule has 2 atom stereocenters. The molecule has 0 amide bonds. The van der Waals surface area contributed by atoms with Crippen LogP contribution in [0.4, 0.5) is 0 Å². The SMILES string of the molecule is CC/C=C/C/C=C/C/C=C/C/C=C/C/C=C/CCCC(=O)OC(CO)COP(=O)(O)OCC[N+](C)(C)C. The number of ether oxygens (including phenoxy) is 1. The lowest BCUT2D eigenvalue weighted by Gasteiger charge is -2.24. The normalized spacial score (nSPS) is 15.5. The molecule has 0 aliphatic heterocycles. The Labute approximate surface area is 224 Å². The van der Waals surface area contributed by atoms with Gasteiger partial charge in [0.25, 0.3) is 0 Å². The lowest BCUT2D eigenvalue weighted by molar-refractivity contribution is -0.870. The van der Waals surface area contributed by atoms with Crippen molar-refractivity contribution in [1.29, 1.82) is 0 Å². The van der Waals surface area contributed by atoms with Crippen LogP contribution in [0.15, 0.2) is 60.8 Å². The first-order chi connectivity index (χ1) is 17.6. The second-order valence-corrected chi connectivity index (χ2v) is 11.0. The minimum atomic E-state index is -4.28. The average Bonchev–Trinajstić information content (AvgIpc) is 2.82. The highest BCUT2D eigenvalue weighted by atomic mass is 31.2. The van der Waals surface area contributed by atoms with Crippen LogP contribution in [-0.4, -0.2) is 74.1 Å². The summed E-state index contributed by atoms with van der Waals surface area (Å²) in [5.41, 5.74) is 0. The summed E-state index contributed by atoms with van der Waals surface area (Å²) in [6.07, 6.45) is 26.6. The molecular weight excluding hydrogens is 493 g/mol. The first-order valence-corrected chi connectivity index (χ1v) is 14.6. The third-order valence-corrected chi connectivity index (χ3v) is 5.84. The molecule has 212 valence electrons. The van der Waals surface area contributed by atoms with E-state index in [-0.39, 0.29) is 13.0 Å². The molecule has 0 radical (unpaired) electrons. The Balaban J connectivity index is 3.94. The van der Waals surface area contributed by atoms with Gasteiger partial charge in [0.2, 0.25) is 0 Å². The van der Waals surface area contributed by atoms with Crippen LogP contribution < -0.4 is 0 Å². The van der Waals surface area contributed by atoms with Crippen LogP contribution in [0.3, 0.4) is 0 Å². The zero-order chi connectivity index (χ0) is 27.8. The molecule has 0 aromatic carbocycles. The van der Waals surface area contributed by atoms with Gasteiger partial charge in [-0.25, -0.2) is 4.57 Å². The number of aliphatic hydroxyl groups excluding tert-OH is 1. The van der Waals surface area contributed by atoms with E-state index >= 15 is 0 Å². The van der Waals surface area contributed by atoms with Crippen molar-refractivity contribution in [2.45, 2.75) is 64.4 Å². The molecule has 37 heavy (non-hydrogen) atoms. The number of rotatable bonds is 22. The van der Waals surface area contributed by atoms with Crippen LogP contribution in [-0.2, 0) is 23.1 Å². The second-order valence-electron chi connectivity index (χ2n) is 9.51. The van der Waals surface area contributed by atoms with Gasteiger partial charge in [0, 0.05) is 6.42 Å². The number of esters is 1. The maximum absolute atomic E-state index is 12.0. The third kappa shape index (κ3) is 25.6. The number of carbonyl (C=O) groups excluding carboxylic acids is 1. The van der Waals surface area contributed by atoms with Gasteiger partial charge in [-0.3, -0.25) is 13.8 Å². The summed E-state index contributed by atoms with van der Waals surface area (Å²) in [6.45, 7) is 1.75. The van der Waals surface area contributed by atoms with E-state index in [9.17, 15) is 19.4 Å². The van der Waals surface area contributed by atoms with E-state index in [4.69, 9.17) is 13.8 Å². The largest absolute Gasteiger partial charge is 0.472 e. The van der Waals surface area contributed by atoms with Gasteiger partial charge >= 0.3 is 13.8 Å². The van der Waals surface area contributed by atoms with E-state index < -0.39 is 33.1 Å². The topological polar surface area (TPSA) is 102 Å². The van der Waals surface area contributed by atoms with Crippen molar-refractivity contribution >= 4 is 13.8 Å². The molecule has 2 unspecified atom stereocenters. The molecule has 0 spiro atoms. The highest BCUT2D eigenvalue weighted by molar-refractivity contribution is 7.47. The van der Waals surface area contributed by atoms with Crippen LogP contribution >= 0.6 is 7.82 Å². The molecule has 8 nitrogen and oxygen atoms in total. The molecule has 0 heterocycles. The minimum absolute atomic E-state index is 0.0384. The van der Waals surface area contributed by atoms with Gasteiger partial charge < -0.3 is 19.2 Å². The van der Waals surface area contributed by atoms with Gasteiger partial charge in [-0.15, -0.1) is 0 Å². The van der Waals surface area contributed by atoms with Crippen LogP contribution in [0.5, 0.6) is 0 Å². The monoisotopic (exact) mass is 542 g/mol. The Morgan fingerprint density at radius 1 is 0.865 bits per heavy atom. The van der Waals surface area contributed by atoms with E-state index in [2.05, 4.69) is 61.6 Å². The lowest BCUT2D eigenvalue weighted by Crippen LogP contribution is -2.37. The molecule has 0 rings (SSSR count). The zero-order valence-corrected chi connectivity index (χ0v) is 24.1. The predicted octanol–water partition coefficient (Wildman–Crippen LogP) is 5.65. The number of hydrogen-bond acceptors (Lipinski definition) is 6. The number of carbonyl (C=O) groups is 1. The van der Waals surface area contributed by atoms with Crippen molar-refractivity contribution in [3.05, 3.63) is 60.8 Å². The highest BCUT2D eigenvalue weighted by Crippen LogP contribution is 2.43. The molecule has 0 saturated heterocycles. The Morgan fingerprint density at radius 2 is 1.38 bits per heavy atom. The molecule has 0 aliphatic carbocycles. The first kappa shape index (κ1) is 35.2. The number of hydrogen-bond donors (Lipinski definition) is 2. The van der Waals surface area contributed by atoms with E-state index in [0.717, 1.165) is 38.5 Å². The van der Waals surface area contributed by atoms with Crippen molar-refractivity contribution in [1.82, 2.24) is 0 Å². The predicted molar refractivity (Wildman–Crippen MR) is 150 cm³/mol. The first-order valence-electron chi connectivity index (χ1n) is 13.1. The fraction of sp³-hybridized carbons (Fsp3) is 0.607. The van der Waals surface area contributed by atoms with Crippen molar-refractivity contribution in [3.8, 4) is 0 Å². The standard InChI is InChI=1S/C28H48NO7P/c1-5-6-7-8-9-10-11-12-13-14-15-16-17-18-19-20-21-22-28(31)36-27(25-30)26-35-37(32,33)34-24-23-29(2,3)4/h6-7,9-10,12-13,15-16,18-19,27,30H,5,8,11,14,17,20-26H2,1-4H3/p+1/b7-6+,10-9+,13-12+,16-15+,19-18+. The summed E-state index contributed by atoms with van der Waals surface area (Å²) in [5.74, 6) is -0.492. The maximum Gasteiger partial charge on any atom is 0.472 e. The summed E-state index contributed by atoms with van der Waals surface area (Å²) in [4.78, 5) is 21.7. The van der Waals surface area contributed by atoms with E-state index in [1.165, 1.54) is 0 Å². The average molecular weight is 543 g/mol. The molecule has 2 N–H and O–H groups in total. The Morgan fingerprint density at radius 3 is 1.86 bits per heavy atom. The van der Waals surface area contributed by atoms with Gasteiger partial charge in [-0.2, -0.15) is 0 Å². The van der Waals surface area contributed by atoms with E-state index in [1.54, 1.807) is 0 Å². The van der Waals surface area contributed by atoms with Crippen molar-refractivity contribution in [2.75, 3.05) is 47.5 Å². The van der Waals surface area contributed by atoms with Gasteiger partial charge in [-0.1, -0.05) is 67.7 Å². The molecule has 0 bridgehead atoms. The quantitative estimate of drug-likeness (QED) is 0.0599. The number of phosphoric ester groups is 1. The number of likely N-dealkylation sites (N-methyl/N-ethyl adjacent to an activating group) is 1. The maximum atomic E-state index is 12.0. The van der Waals surface area contributed by atoms with E-state index in [0.29, 0.717) is 17.4 Å². The summed E-state index contributed by atoms with van der Waals surface area (Å²) in [7, 11) is 1.50. The zero-order valence-electron chi connectivity index (χ0n) is 23.2. The summed E-state index contributed by atoms with van der Waals surface area (Å²) in [5, 5.41) is 9.38. The minimum Gasteiger partial charge on any atom is -0.457 e. The van der Waals surface area contributed by atoms with Crippen molar-refractivity contribution in [3.63, 3.8) is 0 Å². The third-order valence-electron chi connectivity index (χ3n) is 4.85. The smallest absolute Gasteiger partial charge is 0.457 e. The molecule has 0 aliphatic rings. The summed E-state index contributed by atoms with van der Waals surface area (Å²) in [6, 6.07) is 0. The number of quaternary nitrogens is 1. The fourth-order valence-electron chi connectivity index (χ4n) is 2.75. The number of phosphoric acid groups is 1. The Bertz CT molecular complexity index is 782. The Kier molecular flexibility index (Phi) is 21.1. The molecule has 0 fully saturated rings. The number of unbranched alkanes of at least 4 members (excludes halogenated alkanes) is 1. The molecule has 0 saturated carbocycles. The summed E-state index contributed by atoms with van der Waals surface area (Å²) < 4.78 is 27.4. The molecular formula is C28H49NO7P+. The second kappa shape index (κ2) is 22.2. The Hall–Kier alpha value is -1.80. The number of nitrogens with zero attached hydrogens (tertiary/aromatic N) is 1. The summed E-state index contributed by atoms with van der Waals surface area (Å²) >= 11 is 0. The van der Waals surface area contributed by atoms with Gasteiger partial charge in [-0.05, 0) is 44.9 Å². The van der Waals surface area contributed by atoms with Crippen LogP contribution in [0.1, 0.15) is 58.3 Å². The van der Waals surface area contributed by atoms with Crippen LogP contribution in [0.2, 0.25) is 0 Å². The van der Waals surface area contributed by atoms with Gasteiger partial charge in [0.05, 0.1) is 34.4 Å². The lowest BCUT2D eigenvalue weighted by atomic mass is 10.2. The van der Waals surface area contributed by atoms with Crippen LogP contribution in [0, 0.1) is 0 Å². The van der Waals surface area contributed by atoms with Crippen molar-refractivity contribution < 1.29 is 37.6 Å². The van der Waals surface area contributed by atoms with E-state index in [1.807, 2.05) is 27.2 Å². The highest BCUT2D eigenvalue weighted by Gasteiger charge is 2.25.